The van der Waals surface area contributed by atoms with E-state index in [9.17, 15) is 0 Å². The van der Waals surface area contributed by atoms with Crippen LogP contribution in [0, 0.1) is 6.92 Å². The third-order valence-corrected chi connectivity index (χ3v) is 3.30. The van der Waals surface area contributed by atoms with Gasteiger partial charge in [0.1, 0.15) is 5.58 Å². The van der Waals surface area contributed by atoms with Crippen LogP contribution >= 0.6 is 0 Å². The Kier molecular flexibility index (Phi) is 1.71. The highest BCUT2D eigenvalue weighted by Gasteiger charge is 2.38. The molecular formula is C13H15NO. The molecule has 0 aliphatic heterocycles. The van der Waals surface area contributed by atoms with E-state index in [0.717, 1.165) is 24.8 Å². The number of rotatable bonds is 2. The molecular weight excluding hydrogens is 186 g/mol. The smallest absolute Gasteiger partial charge is 0.134 e. The molecule has 1 aliphatic rings. The molecule has 0 amide bonds. The third-order valence-electron chi connectivity index (χ3n) is 3.30. The summed E-state index contributed by atoms with van der Waals surface area (Å²) in [6.45, 7) is 2.09. The quantitative estimate of drug-likeness (QED) is 0.811. The van der Waals surface area contributed by atoms with Crippen LogP contribution in [0.2, 0.25) is 0 Å². The second kappa shape index (κ2) is 2.86. The lowest BCUT2D eigenvalue weighted by Crippen LogP contribution is -2.24. The summed E-state index contributed by atoms with van der Waals surface area (Å²) < 4.78 is 5.48. The standard InChI is InChI=1S/C13H15NO/c1-9-8-15-11-4-2-3-10(12(9)11)7-13(14)5-6-13/h2-4,8H,5-7,14H2,1H3. The fourth-order valence-electron chi connectivity index (χ4n) is 2.20. The second-order valence-corrected chi connectivity index (χ2v) is 4.75. The maximum Gasteiger partial charge on any atom is 0.134 e. The van der Waals surface area contributed by atoms with E-state index >= 15 is 0 Å². The molecule has 1 saturated carbocycles. The molecule has 1 aliphatic carbocycles. The molecule has 3 rings (SSSR count). The van der Waals surface area contributed by atoms with E-state index in [-0.39, 0.29) is 5.54 Å². The summed E-state index contributed by atoms with van der Waals surface area (Å²) >= 11 is 0. The Balaban J connectivity index is 2.12. The fraction of sp³-hybridized carbons (Fsp3) is 0.385. The van der Waals surface area contributed by atoms with Crippen molar-refractivity contribution in [1.29, 1.82) is 0 Å². The number of nitrogens with two attached hydrogens (primary N) is 1. The maximum atomic E-state index is 6.16. The van der Waals surface area contributed by atoms with Gasteiger partial charge in [0.2, 0.25) is 0 Å². The lowest BCUT2D eigenvalue weighted by atomic mass is 9.99. The Morgan fingerprint density at radius 3 is 2.93 bits per heavy atom. The molecule has 0 unspecified atom stereocenters. The predicted molar refractivity (Wildman–Crippen MR) is 60.8 cm³/mol. The average Bonchev–Trinajstić information content (AvgIpc) is 2.80. The zero-order valence-electron chi connectivity index (χ0n) is 8.92. The van der Waals surface area contributed by atoms with Crippen molar-refractivity contribution in [2.75, 3.05) is 0 Å². The Morgan fingerprint density at radius 1 is 1.40 bits per heavy atom. The lowest BCUT2D eigenvalue weighted by Gasteiger charge is -2.09. The Bertz CT molecular complexity index is 508. The molecule has 0 saturated heterocycles. The van der Waals surface area contributed by atoms with E-state index in [0.29, 0.717) is 0 Å². The molecule has 0 atom stereocenters. The maximum absolute atomic E-state index is 6.16. The van der Waals surface area contributed by atoms with Gasteiger partial charge in [0.05, 0.1) is 6.26 Å². The molecule has 2 N–H and O–H groups in total. The number of fused-ring (bicyclic) bond motifs is 1. The molecule has 0 radical (unpaired) electrons. The van der Waals surface area contributed by atoms with Gasteiger partial charge >= 0.3 is 0 Å². The third kappa shape index (κ3) is 1.45. The van der Waals surface area contributed by atoms with Crippen LogP contribution in [-0.2, 0) is 6.42 Å². The van der Waals surface area contributed by atoms with Crippen molar-refractivity contribution in [2.45, 2.75) is 31.7 Å². The summed E-state index contributed by atoms with van der Waals surface area (Å²) in [6.07, 6.45) is 5.11. The topological polar surface area (TPSA) is 39.2 Å². The number of aryl methyl sites for hydroxylation is 1. The minimum absolute atomic E-state index is 0.0675. The Hall–Kier alpha value is -1.28. The first-order valence-electron chi connectivity index (χ1n) is 5.43. The highest BCUT2D eigenvalue weighted by molar-refractivity contribution is 5.84. The van der Waals surface area contributed by atoms with Gasteiger partial charge in [-0.25, -0.2) is 0 Å². The Labute approximate surface area is 89.1 Å². The highest BCUT2D eigenvalue weighted by atomic mass is 16.3. The fourth-order valence-corrected chi connectivity index (χ4v) is 2.20. The predicted octanol–water partition coefficient (Wildman–Crippen LogP) is 2.78. The van der Waals surface area contributed by atoms with Crippen LogP contribution in [0.5, 0.6) is 0 Å². The van der Waals surface area contributed by atoms with Crippen LogP contribution in [0.15, 0.2) is 28.9 Å². The van der Waals surface area contributed by atoms with Crippen molar-refractivity contribution in [3.63, 3.8) is 0 Å². The van der Waals surface area contributed by atoms with E-state index in [1.807, 2.05) is 18.4 Å². The van der Waals surface area contributed by atoms with Crippen molar-refractivity contribution in [3.05, 3.63) is 35.6 Å². The SMILES string of the molecule is Cc1coc2cccc(CC3(N)CC3)c12. The van der Waals surface area contributed by atoms with Crippen molar-refractivity contribution in [3.8, 4) is 0 Å². The van der Waals surface area contributed by atoms with Gasteiger partial charge in [0.15, 0.2) is 0 Å². The van der Waals surface area contributed by atoms with Crippen molar-refractivity contribution in [2.24, 2.45) is 5.73 Å². The Morgan fingerprint density at radius 2 is 2.20 bits per heavy atom. The number of hydrogen-bond donors (Lipinski definition) is 1. The van der Waals surface area contributed by atoms with Gasteiger partial charge in [-0.15, -0.1) is 0 Å². The van der Waals surface area contributed by atoms with E-state index in [2.05, 4.69) is 13.0 Å². The normalized spacial score (nSPS) is 18.3. The van der Waals surface area contributed by atoms with E-state index in [4.69, 9.17) is 10.2 Å². The summed E-state index contributed by atoms with van der Waals surface area (Å²) in [6, 6.07) is 6.23. The summed E-state index contributed by atoms with van der Waals surface area (Å²) in [5.74, 6) is 0. The van der Waals surface area contributed by atoms with Crippen LogP contribution < -0.4 is 5.73 Å². The first kappa shape index (κ1) is 8.98. The van der Waals surface area contributed by atoms with Crippen LogP contribution in [0.4, 0.5) is 0 Å². The molecule has 1 heterocycles. The molecule has 0 spiro atoms. The van der Waals surface area contributed by atoms with Gasteiger partial charge in [-0.2, -0.15) is 0 Å². The monoisotopic (exact) mass is 201 g/mol. The van der Waals surface area contributed by atoms with Gasteiger partial charge in [0, 0.05) is 10.9 Å². The van der Waals surface area contributed by atoms with Gasteiger partial charge < -0.3 is 10.2 Å². The first-order valence-corrected chi connectivity index (χ1v) is 5.43. The van der Waals surface area contributed by atoms with Crippen molar-refractivity contribution in [1.82, 2.24) is 0 Å². The minimum Gasteiger partial charge on any atom is -0.464 e. The number of benzene rings is 1. The van der Waals surface area contributed by atoms with Gasteiger partial charge in [-0.05, 0) is 43.4 Å². The molecule has 2 aromatic rings. The molecule has 1 fully saturated rings. The summed E-state index contributed by atoms with van der Waals surface area (Å²) in [7, 11) is 0. The second-order valence-electron chi connectivity index (χ2n) is 4.75. The molecule has 0 bridgehead atoms. The zero-order chi connectivity index (χ0) is 10.5. The largest absolute Gasteiger partial charge is 0.464 e. The zero-order valence-corrected chi connectivity index (χ0v) is 8.92. The van der Waals surface area contributed by atoms with Crippen LogP contribution in [0.3, 0.4) is 0 Å². The van der Waals surface area contributed by atoms with Crippen LogP contribution in [0.1, 0.15) is 24.0 Å². The van der Waals surface area contributed by atoms with E-state index in [1.165, 1.54) is 16.5 Å². The van der Waals surface area contributed by atoms with Gasteiger partial charge in [0.25, 0.3) is 0 Å². The van der Waals surface area contributed by atoms with Crippen LogP contribution in [0.25, 0.3) is 11.0 Å². The van der Waals surface area contributed by atoms with Crippen molar-refractivity contribution >= 4 is 11.0 Å². The van der Waals surface area contributed by atoms with Crippen LogP contribution in [-0.4, -0.2) is 5.54 Å². The van der Waals surface area contributed by atoms with E-state index in [1.54, 1.807) is 0 Å². The molecule has 15 heavy (non-hydrogen) atoms. The summed E-state index contributed by atoms with van der Waals surface area (Å²) in [5.41, 5.74) is 9.75. The molecule has 2 heteroatoms. The van der Waals surface area contributed by atoms with Crippen molar-refractivity contribution < 1.29 is 4.42 Å². The highest BCUT2D eigenvalue weighted by Crippen LogP contribution is 2.37. The van der Waals surface area contributed by atoms with Gasteiger partial charge in [-0.1, -0.05) is 12.1 Å². The van der Waals surface area contributed by atoms with Gasteiger partial charge in [-0.3, -0.25) is 0 Å². The molecule has 2 nitrogen and oxygen atoms in total. The summed E-state index contributed by atoms with van der Waals surface area (Å²) in [4.78, 5) is 0. The summed E-state index contributed by atoms with van der Waals surface area (Å²) in [5, 5.41) is 1.26. The molecule has 1 aromatic heterocycles. The first-order chi connectivity index (χ1) is 7.18. The number of hydrogen-bond acceptors (Lipinski definition) is 2. The van der Waals surface area contributed by atoms with E-state index < -0.39 is 0 Å². The molecule has 78 valence electrons. The molecule has 1 aromatic carbocycles. The lowest BCUT2D eigenvalue weighted by molar-refractivity contribution is 0.612. The average molecular weight is 201 g/mol. The minimum atomic E-state index is 0.0675. The number of furan rings is 1.